The highest BCUT2D eigenvalue weighted by atomic mass is 14.9. The van der Waals surface area contributed by atoms with Crippen molar-refractivity contribution < 1.29 is 0 Å². The van der Waals surface area contributed by atoms with Crippen LogP contribution >= 0.6 is 0 Å². The molecule has 0 amide bonds. The first kappa shape index (κ1) is 24.7. The zero-order chi connectivity index (χ0) is 29.0. The maximum absolute atomic E-state index is 3.97. The van der Waals surface area contributed by atoms with Gasteiger partial charge in [0.05, 0.1) is 5.69 Å². The Bertz CT molecular complexity index is 2400. The quantitative estimate of drug-likeness (QED) is 0.225. The van der Waals surface area contributed by atoms with Crippen LogP contribution in [0.3, 0.4) is 0 Å². The van der Waals surface area contributed by atoms with E-state index in [0.29, 0.717) is 0 Å². The highest BCUT2D eigenvalue weighted by Crippen LogP contribution is 2.48. The Morgan fingerprint density at radius 2 is 1.02 bits per heavy atom. The molecule has 2 nitrogen and oxygen atoms in total. The van der Waals surface area contributed by atoms with E-state index in [1.807, 2.05) is 0 Å². The third kappa shape index (κ3) is 3.89. The second-order valence-electron chi connectivity index (χ2n) is 11.5. The molecule has 206 valence electrons. The molecule has 0 unspecified atom stereocenters. The molecule has 1 aliphatic rings. The molecule has 8 aromatic rings. The minimum Gasteiger partial charge on any atom is -0.355 e. The van der Waals surface area contributed by atoms with Gasteiger partial charge in [0.15, 0.2) is 0 Å². The minimum atomic E-state index is 1.08. The molecule has 0 fully saturated rings. The van der Waals surface area contributed by atoms with E-state index >= 15 is 0 Å². The maximum atomic E-state index is 3.97. The van der Waals surface area contributed by atoms with Crippen molar-refractivity contribution in [1.82, 2.24) is 0 Å². The molecule has 0 saturated carbocycles. The van der Waals surface area contributed by atoms with Gasteiger partial charge in [-0.1, -0.05) is 133 Å². The minimum absolute atomic E-state index is 1.08. The lowest BCUT2D eigenvalue weighted by Crippen LogP contribution is -2.02. The van der Waals surface area contributed by atoms with E-state index in [1.54, 1.807) is 0 Å². The van der Waals surface area contributed by atoms with E-state index in [-0.39, 0.29) is 0 Å². The van der Waals surface area contributed by atoms with Gasteiger partial charge in [0.25, 0.3) is 0 Å². The van der Waals surface area contributed by atoms with Crippen molar-refractivity contribution in [1.29, 1.82) is 0 Å². The fraction of sp³-hybridized carbons (Fsp3) is 0. The molecule has 0 atom stereocenters. The Labute approximate surface area is 256 Å². The lowest BCUT2D eigenvalue weighted by Gasteiger charge is -2.25. The van der Waals surface area contributed by atoms with Crippen LogP contribution in [0.15, 0.2) is 158 Å². The monoisotopic (exact) mass is 560 g/mol. The van der Waals surface area contributed by atoms with Crippen LogP contribution in [0.1, 0.15) is 0 Å². The number of nitrogens with one attached hydrogen (secondary N) is 2. The topological polar surface area (TPSA) is 24.1 Å². The fourth-order valence-corrected chi connectivity index (χ4v) is 6.94. The average molecular weight is 561 g/mol. The van der Waals surface area contributed by atoms with Crippen LogP contribution in [0.25, 0.3) is 65.7 Å². The molecular formula is C42H28N2. The molecule has 0 saturated heterocycles. The summed E-state index contributed by atoms with van der Waals surface area (Å²) < 4.78 is 0. The highest BCUT2D eigenvalue weighted by Gasteiger charge is 2.21. The standard InChI is InChI=1S/C42H28N2/c1-3-16-31-27(11-1)13-10-22-38(31)43-39-21-8-7-19-35(39)37-26-40-41(36-20-6-5-18-34(36)37)30-15-9-14-29(25-30)33-24-23-28-12-2-4-17-32(28)42(33)44-40/h1-26,43-44H. The molecule has 2 heteroatoms. The predicted octanol–water partition coefficient (Wildman–Crippen LogP) is 11.9. The highest BCUT2D eigenvalue weighted by molar-refractivity contribution is 6.14. The second kappa shape index (κ2) is 9.86. The van der Waals surface area contributed by atoms with Crippen LogP contribution in [0, 0.1) is 0 Å². The Morgan fingerprint density at radius 3 is 1.91 bits per heavy atom. The molecule has 0 aromatic heterocycles. The van der Waals surface area contributed by atoms with E-state index in [0.717, 1.165) is 28.3 Å². The summed E-state index contributed by atoms with van der Waals surface area (Å²) >= 11 is 0. The third-order valence-corrected chi connectivity index (χ3v) is 8.97. The van der Waals surface area contributed by atoms with Crippen LogP contribution in [0.4, 0.5) is 22.7 Å². The predicted molar refractivity (Wildman–Crippen MR) is 188 cm³/mol. The van der Waals surface area contributed by atoms with E-state index in [2.05, 4.69) is 168 Å². The van der Waals surface area contributed by atoms with Crippen molar-refractivity contribution in [3.63, 3.8) is 0 Å². The van der Waals surface area contributed by atoms with Gasteiger partial charge in [0, 0.05) is 44.5 Å². The number of para-hydroxylation sites is 1. The lowest BCUT2D eigenvalue weighted by atomic mass is 9.87. The summed E-state index contributed by atoms with van der Waals surface area (Å²) in [6.07, 6.45) is 0. The molecule has 2 bridgehead atoms. The largest absolute Gasteiger partial charge is 0.355 e. The van der Waals surface area contributed by atoms with E-state index in [1.165, 1.54) is 60.1 Å². The number of benzene rings is 8. The molecule has 1 aliphatic heterocycles. The van der Waals surface area contributed by atoms with Crippen LogP contribution in [-0.4, -0.2) is 0 Å². The van der Waals surface area contributed by atoms with Crippen molar-refractivity contribution in [2.24, 2.45) is 0 Å². The van der Waals surface area contributed by atoms with Crippen molar-refractivity contribution in [3.05, 3.63) is 158 Å². The third-order valence-electron chi connectivity index (χ3n) is 8.97. The van der Waals surface area contributed by atoms with E-state index in [9.17, 15) is 0 Å². The van der Waals surface area contributed by atoms with Gasteiger partial charge in [0.2, 0.25) is 0 Å². The SMILES string of the molecule is c1cc2cc(c1)-c1c(cc(-c3ccccc3Nc3cccc4ccccc34)c3ccccc13)Nc1c-2ccc2ccccc12. The zero-order valence-electron chi connectivity index (χ0n) is 24.0. The number of hydrogen-bond acceptors (Lipinski definition) is 2. The number of rotatable bonds is 3. The summed E-state index contributed by atoms with van der Waals surface area (Å²) in [5.74, 6) is 0. The summed E-state index contributed by atoms with van der Waals surface area (Å²) in [7, 11) is 0. The second-order valence-corrected chi connectivity index (χ2v) is 11.5. The molecule has 2 N–H and O–H groups in total. The molecule has 44 heavy (non-hydrogen) atoms. The zero-order valence-corrected chi connectivity index (χ0v) is 24.0. The van der Waals surface area contributed by atoms with Gasteiger partial charge in [-0.25, -0.2) is 0 Å². The molecule has 1 heterocycles. The first-order valence-corrected chi connectivity index (χ1v) is 15.1. The average Bonchev–Trinajstić information content (AvgIpc) is 3.08. The van der Waals surface area contributed by atoms with Gasteiger partial charge in [-0.15, -0.1) is 0 Å². The van der Waals surface area contributed by atoms with Gasteiger partial charge < -0.3 is 10.6 Å². The molecule has 0 spiro atoms. The lowest BCUT2D eigenvalue weighted by molar-refractivity contribution is 1.52. The van der Waals surface area contributed by atoms with Gasteiger partial charge >= 0.3 is 0 Å². The summed E-state index contributed by atoms with van der Waals surface area (Å²) in [6.45, 7) is 0. The van der Waals surface area contributed by atoms with Gasteiger partial charge in [-0.2, -0.15) is 0 Å². The summed E-state index contributed by atoms with van der Waals surface area (Å²) in [5.41, 5.74) is 11.6. The number of anilines is 4. The van der Waals surface area contributed by atoms with Crippen LogP contribution < -0.4 is 10.6 Å². The first-order chi connectivity index (χ1) is 21.8. The molecule has 0 aliphatic carbocycles. The molecule has 9 rings (SSSR count). The first-order valence-electron chi connectivity index (χ1n) is 15.1. The van der Waals surface area contributed by atoms with E-state index in [4.69, 9.17) is 0 Å². The van der Waals surface area contributed by atoms with Crippen molar-refractivity contribution in [2.75, 3.05) is 10.6 Å². The summed E-state index contributed by atoms with van der Waals surface area (Å²) in [4.78, 5) is 0. The Kier molecular flexibility index (Phi) is 5.54. The van der Waals surface area contributed by atoms with Gasteiger partial charge in [0.1, 0.15) is 0 Å². The van der Waals surface area contributed by atoms with Crippen LogP contribution in [-0.2, 0) is 0 Å². The smallest absolute Gasteiger partial charge is 0.0543 e. The molecule has 0 radical (unpaired) electrons. The normalized spacial score (nSPS) is 11.8. The molecule has 8 aromatic carbocycles. The number of fused-ring (bicyclic) bond motifs is 11. The van der Waals surface area contributed by atoms with Crippen molar-refractivity contribution in [3.8, 4) is 33.4 Å². The van der Waals surface area contributed by atoms with Gasteiger partial charge in [-0.05, 0) is 62.5 Å². The van der Waals surface area contributed by atoms with Gasteiger partial charge in [-0.3, -0.25) is 0 Å². The van der Waals surface area contributed by atoms with Crippen molar-refractivity contribution in [2.45, 2.75) is 0 Å². The Hall–Kier alpha value is -5.86. The fourth-order valence-electron chi connectivity index (χ4n) is 6.94. The van der Waals surface area contributed by atoms with Crippen LogP contribution in [0.2, 0.25) is 0 Å². The number of hydrogen-bond donors (Lipinski definition) is 2. The Morgan fingerprint density at radius 1 is 0.386 bits per heavy atom. The summed E-state index contributed by atoms with van der Waals surface area (Å²) in [5, 5.41) is 15.1. The summed E-state index contributed by atoms with van der Waals surface area (Å²) in [6, 6.07) is 56.9. The maximum Gasteiger partial charge on any atom is 0.0543 e. The Balaban J connectivity index is 1.30. The van der Waals surface area contributed by atoms with E-state index < -0.39 is 0 Å². The van der Waals surface area contributed by atoms with Crippen molar-refractivity contribution >= 4 is 55.1 Å². The molecular weight excluding hydrogens is 532 g/mol. The van der Waals surface area contributed by atoms with Crippen LogP contribution in [0.5, 0.6) is 0 Å².